The zero-order chi connectivity index (χ0) is 27.5. The van der Waals surface area contributed by atoms with Gasteiger partial charge in [0.05, 0.1) is 18.0 Å². The summed E-state index contributed by atoms with van der Waals surface area (Å²) in [4.78, 5) is 44.0. The molecule has 4 aromatic rings. The molecule has 11 heteroatoms. The molecule has 2 heterocycles. The van der Waals surface area contributed by atoms with Crippen molar-refractivity contribution < 1.29 is 19.1 Å². The van der Waals surface area contributed by atoms with Crippen molar-refractivity contribution in [3.63, 3.8) is 0 Å². The van der Waals surface area contributed by atoms with Crippen LogP contribution in [0.2, 0.25) is 5.02 Å². The van der Waals surface area contributed by atoms with Gasteiger partial charge in [0.1, 0.15) is 16.5 Å². The van der Waals surface area contributed by atoms with Gasteiger partial charge in [0, 0.05) is 27.2 Å². The van der Waals surface area contributed by atoms with E-state index in [0.29, 0.717) is 39.4 Å². The molecule has 0 aliphatic carbocycles. The van der Waals surface area contributed by atoms with Crippen LogP contribution in [0.4, 0.5) is 16.5 Å². The van der Waals surface area contributed by atoms with Crippen molar-refractivity contribution in [2.45, 2.75) is 6.92 Å². The highest BCUT2D eigenvalue weighted by molar-refractivity contribution is 7.14. The van der Waals surface area contributed by atoms with E-state index in [9.17, 15) is 14.4 Å². The van der Waals surface area contributed by atoms with Crippen LogP contribution in [0.3, 0.4) is 0 Å². The van der Waals surface area contributed by atoms with Gasteiger partial charge in [0.2, 0.25) is 0 Å². The normalized spacial score (nSPS) is 13.2. The summed E-state index contributed by atoms with van der Waals surface area (Å²) in [6, 6.07) is 20.3. The number of carbonyl (C=O) groups is 3. The van der Waals surface area contributed by atoms with Crippen LogP contribution in [0.25, 0.3) is 11.3 Å². The molecule has 0 bridgehead atoms. The summed E-state index contributed by atoms with van der Waals surface area (Å²) < 4.78 is 5.41. The van der Waals surface area contributed by atoms with Gasteiger partial charge in [-0.1, -0.05) is 35.3 Å². The van der Waals surface area contributed by atoms with Gasteiger partial charge in [-0.15, -0.1) is 11.3 Å². The Labute approximate surface area is 237 Å². The van der Waals surface area contributed by atoms with E-state index in [1.165, 1.54) is 11.3 Å². The Hall–Kier alpha value is -4.18. The molecule has 8 nitrogen and oxygen atoms in total. The summed E-state index contributed by atoms with van der Waals surface area (Å²) in [6.45, 7) is 2.36. The first-order valence-electron chi connectivity index (χ1n) is 11.8. The number of hydrogen-bond acceptors (Lipinski definition) is 7. The number of thiazole rings is 1. The molecular formula is C28H20Cl2N4O4S. The number of hydrogen-bond donors (Lipinski definition) is 2. The van der Waals surface area contributed by atoms with E-state index >= 15 is 0 Å². The zero-order valence-corrected chi connectivity index (χ0v) is 22.7. The van der Waals surface area contributed by atoms with E-state index < -0.39 is 11.8 Å². The number of benzene rings is 3. The van der Waals surface area contributed by atoms with E-state index in [4.69, 9.17) is 27.9 Å². The Balaban J connectivity index is 1.24. The predicted octanol–water partition coefficient (Wildman–Crippen LogP) is 6.55. The fourth-order valence-corrected chi connectivity index (χ4v) is 4.86. The van der Waals surface area contributed by atoms with Crippen LogP contribution in [0.15, 0.2) is 88.9 Å². The van der Waals surface area contributed by atoms with Crippen LogP contribution in [0.5, 0.6) is 5.75 Å². The second-order valence-electron chi connectivity index (χ2n) is 8.26. The van der Waals surface area contributed by atoms with Gasteiger partial charge in [-0.3, -0.25) is 19.7 Å². The number of aromatic nitrogens is 1. The lowest BCUT2D eigenvalue weighted by Crippen LogP contribution is -2.32. The summed E-state index contributed by atoms with van der Waals surface area (Å²) in [5.41, 5.74) is 2.80. The maximum atomic E-state index is 13.0. The molecule has 196 valence electrons. The molecule has 0 fully saturated rings. The van der Waals surface area contributed by atoms with Crippen LogP contribution in [-0.2, 0) is 9.59 Å². The topological polar surface area (TPSA) is 101 Å². The average molecular weight is 579 g/mol. The number of carbonyl (C=O) groups excluding carboxylic acids is 3. The molecule has 5 rings (SSSR count). The maximum Gasteiger partial charge on any atom is 0.283 e. The molecule has 39 heavy (non-hydrogen) atoms. The molecule has 3 amide bonds. The first kappa shape index (κ1) is 26.4. The number of anilines is 3. The second kappa shape index (κ2) is 11.3. The van der Waals surface area contributed by atoms with Gasteiger partial charge < -0.3 is 10.1 Å². The molecule has 0 unspecified atom stereocenters. The molecule has 0 atom stereocenters. The monoisotopic (exact) mass is 578 g/mol. The third kappa shape index (κ3) is 5.65. The van der Waals surface area contributed by atoms with Crippen molar-refractivity contribution in [3.8, 4) is 17.0 Å². The summed E-state index contributed by atoms with van der Waals surface area (Å²) in [7, 11) is 0. The minimum absolute atomic E-state index is 0.0507. The maximum absolute atomic E-state index is 13.0. The van der Waals surface area contributed by atoms with E-state index in [1.54, 1.807) is 60.7 Å². The fourth-order valence-electron chi connectivity index (χ4n) is 3.81. The van der Waals surface area contributed by atoms with Gasteiger partial charge in [-0.2, -0.15) is 0 Å². The van der Waals surface area contributed by atoms with Crippen LogP contribution >= 0.6 is 34.5 Å². The Morgan fingerprint density at radius 3 is 2.31 bits per heavy atom. The molecular weight excluding hydrogens is 559 g/mol. The number of ether oxygens (including phenoxy) is 1. The second-order valence-corrected chi connectivity index (χ2v) is 9.94. The van der Waals surface area contributed by atoms with E-state index in [2.05, 4.69) is 15.6 Å². The van der Waals surface area contributed by atoms with Crippen molar-refractivity contribution in [3.05, 3.63) is 99.5 Å². The third-order valence-corrected chi connectivity index (χ3v) is 7.07. The van der Waals surface area contributed by atoms with Crippen LogP contribution in [0.1, 0.15) is 17.3 Å². The van der Waals surface area contributed by atoms with Gasteiger partial charge >= 0.3 is 0 Å². The Morgan fingerprint density at radius 2 is 1.64 bits per heavy atom. The first-order valence-corrected chi connectivity index (χ1v) is 13.4. The largest absolute Gasteiger partial charge is 0.494 e. The SMILES string of the molecule is CCOc1ccc(N2C(=O)C(Cl)=C(Nc3ccc(C(=O)Nc4nc(-c5ccc(Cl)cc5)cs4)cc3)C2=O)cc1. The molecule has 3 aromatic carbocycles. The molecule has 1 aliphatic heterocycles. The van der Waals surface area contributed by atoms with Gasteiger partial charge in [-0.05, 0) is 67.6 Å². The van der Waals surface area contributed by atoms with Crippen LogP contribution < -0.4 is 20.3 Å². The highest BCUT2D eigenvalue weighted by Gasteiger charge is 2.39. The molecule has 0 saturated carbocycles. The smallest absolute Gasteiger partial charge is 0.283 e. The lowest BCUT2D eigenvalue weighted by Gasteiger charge is -2.15. The Kier molecular flexibility index (Phi) is 7.65. The van der Waals surface area contributed by atoms with E-state index in [-0.39, 0.29) is 16.6 Å². The summed E-state index contributed by atoms with van der Waals surface area (Å²) >= 11 is 13.5. The van der Waals surface area contributed by atoms with Crippen molar-refractivity contribution in [2.24, 2.45) is 0 Å². The third-order valence-electron chi connectivity index (χ3n) is 5.71. The number of halogens is 2. The quantitative estimate of drug-likeness (QED) is 0.230. The average Bonchev–Trinajstić information content (AvgIpc) is 3.48. The van der Waals surface area contributed by atoms with Crippen molar-refractivity contribution in [2.75, 3.05) is 22.1 Å². The summed E-state index contributed by atoms with van der Waals surface area (Å²) in [5, 5.41) is 8.39. The number of amides is 3. The lowest BCUT2D eigenvalue weighted by molar-refractivity contribution is -0.120. The Morgan fingerprint density at radius 1 is 0.949 bits per heavy atom. The zero-order valence-electron chi connectivity index (χ0n) is 20.4. The predicted molar refractivity (Wildman–Crippen MR) is 154 cm³/mol. The summed E-state index contributed by atoms with van der Waals surface area (Å²) in [6.07, 6.45) is 0. The fraction of sp³-hybridized carbons (Fsp3) is 0.0714. The van der Waals surface area contributed by atoms with Gasteiger partial charge in [-0.25, -0.2) is 9.88 Å². The van der Waals surface area contributed by atoms with Gasteiger partial charge in [0.25, 0.3) is 17.7 Å². The van der Waals surface area contributed by atoms with Crippen LogP contribution in [0, 0.1) is 0 Å². The Bertz CT molecular complexity index is 1580. The van der Waals surface area contributed by atoms with Crippen molar-refractivity contribution in [1.82, 2.24) is 4.98 Å². The first-order chi connectivity index (χ1) is 18.8. The standard InChI is InChI=1S/C28H20Cl2N4O4S/c1-2-38-21-13-11-20(12-14-21)34-26(36)23(30)24(27(34)37)31-19-9-5-17(6-10-19)25(35)33-28-32-22(15-39-28)16-3-7-18(29)8-4-16/h3-15,31H,2H2,1H3,(H,32,33,35). The molecule has 0 radical (unpaired) electrons. The van der Waals surface area contributed by atoms with Gasteiger partial charge in [0.15, 0.2) is 5.13 Å². The van der Waals surface area contributed by atoms with Crippen molar-refractivity contribution in [1.29, 1.82) is 0 Å². The van der Waals surface area contributed by atoms with E-state index in [0.717, 1.165) is 16.2 Å². The lowest BCUT2D eigenvalue weighted by atomic mass is 10.2. The highest BCUT2D eigenvalue weighted by atomic mass is 35.5. The molecule has 1 aromatic heterocycles. The molecule has 1 aliphatic rings. The summed E-state index contributed by atoms with van der Waals surface area (Å²) in [5.74, 6) is -0.940. The number of nitrogens with one attached hydrogen (secondary N) is 2. The highest BCUT2D eigenvalue weighted by Crippen LogP contribution is 2.31. The number of rotatable bonds is 8. The molecule has 0 spiro atoms. The van der Waals surface area contributed by atoms with Crippen LogP contribution in [-0.4, -0.2) is 29.3 Å². The van der Waals surface area contributed by atoms with Crippen molar-refractivity contribution >= 4 is 68.8 Å². The minimum Gasteiger partial charge on any atom is -0.494 e. The molecule has 0 saturated heterocycles. The number of imide groups is 1. The van der Waals surface area contributed by atoms with E-state index in [1.807, 2.05) is 24.4 Å². The molecule has 2 N–H and O–H groups in total. The minimum atomic E-state index is -0.634. The number of nitrogens with zero attached hydrogens (tertiary/aromatic N) is 2.